The van der Waals surface area contributed by atoms with E-state index in [4.69, 9.17) is 4.42 Å². The van der Waals surface area contributed by atoms with Gasteiger partial charge in [-0.25, -0.2) is 0 Å². The molecule has 0 saturated carbocycles. The first-order valence-corrected chi connectivity index (χ1v) is 7.14. The number of carbonyl (C=O) groups is 1. The Morgan fingerprint density at radius 3 is 2.62 bits per heavy atom. The van der Waals surface area contributed by atoms with E-state index in [2.05, 4.69) is 31.4 Å². The van der Waals surface area contributed by atoms with Gasteiger partial charge in [0.05, 0.1) is 5.69 Å². The number of benzene rings is 1. The standard InChI is InChI=1S/C15H12BrN3O2/c16-14-6-5-13(21-14)15(20)17-9-10-1-3-11(4-2-10)12-7-8-18-19-12/h1-8H,9H2,(H,17,20)(H,18,19). The number of nitrogens with zero attached hydrogens (tertiary/aromatic N) is 1. The van der Waals surface area contributed by atoms with Crippen molar-refractivity contribution >= 4 is 21.8 Å². The van der Waals surface area contributed by atoms with Crippen LogP contribution in [0.5, 0.6) is 0 Å². The van der Waals surface area contributed by atoms with Gasteiger partial charge < -0.3 is 9.73 Å². The number of aromatic amines is 1. The molecule has 0 aliphatic heterocycles. The van der Waals surface area contributed by atoms with E-state index >= 15 is 0 Å². The molecule has 0 saturated heterocycles. The molecule has 21 heavy (non-hydrogen) atoms. The summed E-state index contributed by atoms with van der Waals surface area (Å²) in [5.41, 5.74) is 3.03. The molecule has 5 nitrogen and oxygen atoms in total. The molecule has 0 aliphatic carbocycles. The summed E-state index contributed by atoms with van der Waals surface area (Å²) in [6, 6.07) is 13.1. The van der Waals surface area contributed by atoms with Crippen molar-refractivity contribution < 1.29 is 9.21 Å². The topological polar surface area (TPSA) is 70.9 Å². The maximum absolute atomic E-state index is 11.8. The van der Waals surface area contributed by atoms with Gasteiger partial charge in [0.2, 0.25) is 0 Å². The molecule has 6 heteroatoms. The Kier molecular flexibility index (Phi) is 3.87. The summed E-state index contributed by atoms with van der Waals surface area (Å²) in [4.78, 5) is 11.8. The third-order valence-electron chi connectivity index (χ3n) is 3.02. The molecule has 0 aliphatic rings. The van der Waals surface area contributed by atoms with E-state index < -0.39 is 0 Å². The summed E-state index contributed by atoms with van der Waals surface area (Å²) < 4.78 is 5.73. The van der Waals surface area contributed by atoms with Crippen LogP contribution in [-0.4, -0.2) is 16.1 Å². The van der Waals surface area contributed by atoms with Crippen LogP contribution in [0.1, 0.15) is 16.1 Å². The first-order valence-electron chi connectivity index (χ1n) is 6.34. The third kappa shape index (κ3) is 3.22. The molecule has 106 valence electrons. The van der Waals surface area contributed by atoms with Crippen molar-refractivity contribution in [2.45, 2.75) is 6.54 Å². The molecule has 2 aromatic heterocycles. The molecule has 0 spiro atoms. The zero-order valence-corrected chi connectivity index (χ0v) is 12.6. The van der Waals surface area contributed by atoms with Crippen LogP contribution in [0.3, 0.4) is 0 Å². The van der Waals surface area contributed by atoms with Crippen LogP contribution in [0.15, 0.2) is 57.7 Å². The average Bonchev–Trinajstić information content (AvgIpc) is 3.16. The van der Waals surface area contributed by atoms with Gasteiger partial charge in [0.25, 0.3) is 5.91 Å². The predicted molar refractivity (Wildman–Crippen MR) is 81.6 cm³/mol. The van der Waals surface area contributed by atoms with Crippen molar-refractivity contribution in [1.29, 1.82) is 0 Å². The van der Waals surface area contributed by atoms with Crippen LogP contribution in [-0.2, 0) is 6.54 Å². The van der Waals surface area contributed by atoms with Gasteiger partial charge in [-0.2, -0.15) is 5.10 Å². The lowest BCUT2D eigenvalue weighted by molar-refractivity contribution is 0.0922. The molecule has 0 unspecified atom stereocenters. The van der Waals surface area contributed by atoms with Crippen molar-refractivity contribution in [2.75, 3.05) is 0 Å². The van der Waals surface area contributed by atoms with Gasteiger partial charge in [-0.05, 0) is 45.3 Å². The van der Waals surface area contributed by atoms with Crippen molar-refractivity contribution in [3.63, 3.8) is 0 Å². The van der Waals surface area contributed by atoms with Gasteiger partial charge in [0.15, 0.2) is 10.4 Å². The molecule has 0 atom stereocenters. The van der Waals surface area contributed by atoms with Gasteiger partial charge in [0.1, 0.15) is 0 Å². The summed E-state index contributed by atoms with van der Waals surface area (Å²) in [7, 11) is 0. The van der Waals surface area contributed by atoms with Crippen molar-refractivity contribution in [3.05, 3.63) is 64.7 Å². The van der Waals surface area contributed by atoms with Crippen LogP contribution < -0.4 is 5.32 Å². The number of aromatic nitrogens is 2. The number of furan rings is 1. The summed E-state index contributed by atoms with van der Waals surface area (Å²) in [6.45, 7) is 0.445. The minimum atomic E-state index is -0.238. The fraction of sp³-hybridized carbons (Fsp3) is 0.0667. The highest BCUT2D eigenvalue weighted by atomic mass is 79.9. The monoisotopic (exact) mass is 345 g/mol. The molecule has 1 amide bonds. The molecule has 2 heterocycles. The smallest absolute Gasteiger partial charge is 0.287 e. The molecule has 3 rings (SSSR count). The van der Waals surface area contributed by atoms with Crippen LogP contribution in [0, 0.1) is 0 Å². The van der Waals surface area contributed by atoms with Gasteiger partial charge in [0, 0.05) is 12.7 Å². The number of H-pyrrole nitrogens is 1. The second-order valence-corrected chi connectivity index (χ2v) is 5.24. The predicted octanol–water partition coefficient (Wildman–Crippen LogP) is 3.36. The number of hydrogen-bond acceptors (Lipinski definition) is 3. The van der Waals surface area contributed by atoms with Gasteiger partial charge in [-0.15, -0.1) is 0 Å². The third-order valence-corrected chi connectivity index (χ3v) is 3.44. The first kappa shape index (κ1) is 13.6. The lowest BCUT2D eigenvalue weighted by Crippen LogP contribution is -2.22. The lowest BCUT2D eigenvalue weighted by atomic mass is 10.1. The van der Waals surface area contributed by atoms with Gasteiger partial charge >= 0.3 is 0 Å². The molecule has 0 fully saturated rings. The minimum absolute atomic E-state index is 0.238. The number of rotatable bonds is 4. The first-order chi connectivity index (χ1) is 10.2. The SMILES string of the molecule is O=C(NCc1ccc(-c2ccn[nH]2)cc1)c1ccc(Br)o1. The van der Waals surface area contributed by atoms with E-state index in [0.717, 1.165) is 16.8 Å². The molecular formula is C15H12BrN3O2. The Morgan fingerprint density at radius 1 is 1.19 bits per heavy atom. The van der Waals surface area contributed by atoms with Crippen molar-refractivity contribution in [3.8, 4) is 11.3 Å². The fourth-order valence-electron chi connectivity index (χ4n) is 1.92. The Hall–Kier alpha value is -2.34. The summed E-state index contributed by atoms with van der Waals surface area (Å²) in [5.74, 6) is 0.0503. The maximum Gasteiger partial charge on any atom is 0.287 e. The highest BCUT2D eigenvalue weighted by Crippen LogP contribution is 2.17. The number of carbonyl (C=O) groups excluding carboxylic acids is 1. The number of amides is 1. The van der Waals surface area contributed by atoms with Crippen LogP contribution >= 0.6 is 15.9 Å². The highest BCUT2D eigenvalue weighted by Gasteiger charge is 2.09. The summed E-state index contributed by atoms with van der Waals surface area (Å²) >= 11 is 3.17. The number of halogens is 1. The molecule has 1 aromatic carbocycles. The van der Waals surface area contributed by atoms with Crippen LogP contribution in [0.25, 0.3) is 11.3 Å². The average molecular weight is 346 g/mol. The van der Waals surface area contributed by atoms with Gasteiger partial charge in [-0.3, -0.25) is 9.89 Å². The second-order valence-electron chi connectivity index (χ2n) is 4.45. The summed E-state index contributed by atoms with van der Waals surface area (Å²) in [6.07, 6.45) is 1.71. The Morgan fingerprint density at radius 2 is 2.00 bits per heavy atom. The van der Waals surface area contributed by atoms with Crippen LogP contribution in [0.4, 0.5) is 0 Å². The highest BCUT2D eigenvalue weighted by molar-refractivity contribution is 9.10. The Balaban J connectivity index is 1.62. The van der Waals surface area contributed by atoms with E-state index in [1.54, 1.807) is 18.3 Å². The van der Waals surface area contributed by atoms with E-state index in [0.29, 0.717) is 11.2 Å². The van der Waals surface area contributed by atoms with Gasteiger partial charge in [-0.1, -0.05) is 24.3 Å². The largest absolute Gasteiger partial charge is 0.444 e. The van der Waals surface area contributed by atoms with E-state index in [9.17, 15) is 4.79 Å². The number of hydrogen-bond donors (Lipinski definition) is 2. The minimum Gasteiger partial charge on any atom is -0.444 e. The van der Waals surface area contributed by atoms with E-state index in [1.807, 2.05) is 30.3 Å². The Bertz CT molecular complexity index is 733. The van der Waals surface area contributed by atoms with Crippen molar-refractivity contribution in [2.24, 2.45) is 0 Å². The Labute approximate surface area is 129 Å². The molecule has 0 radical (unpaired) electrons. The molecule has 2 N–H and O–H groups in total. The van der Waals surface area contributed by atoms with Crippen molar-refractivity contribution in [1.82, 2.24) is 15.5 Å². The van der Waals surface area contributed by atoms with Crippen LogP contribution in [0.2, 0.25) is 0 Å². The zero-order valence-electron chi connectivity index (χ0n) is 11.0. The second kappa shape index (κ2) is 5.97. The quantitative estimate of drug-likeness (QED) is 0.761. The molecule has 0 bridgehead atoms. The normalized spacial score (nSPS) is 10.5. The fourth-order valence-corrected chi connectivity index (χ4v) is 2.23. The van der Waals surface area contributed by atoms with E-state index in [-0.39, 0.29) is 11.7 Å². The zero-order chi connectivity index (χ0) is 14.7. The molecular weight excluding hydrogens is 334 g/mol. The summed E-state index contributed by atoms with van der Waals surface area (Å²) in [5, 5.41) is 9.64. The molecule has 3 aromatic rings. The maximum atomic E-state index is 11.8. The number of nitrogens with one attached hydrogen (secondary N) is 2. The lowest BCUT2D eigenvalue weighted by Gasteiger charge is -2.04. The van der Waals surface area contributed by atoms with E-state index in [1.165, 1.54) is 0 Å².